The van der Waals surface area contributed by atoms with Gasteiger partial charge in [-0.1, -0.05) is 18.2 Å². The monoisotopic (exact) mass is 381 g/mol. The van der Waals surface area contributed by atoms with Gasteiger partial charge in [0, 0.05) is 29.1 Å². The van der Waals surface area contributed by atoms with Crippen LogP contribution in [0.4, 0.5) is 4.39 Å². The van der Waals surface area contributed by atoms with E-state index in [1.165, 1.54) is 12.1 Å². The Hall–Kier alpha value is -3.15. The molecule has 6 heteroatoms. The summed E-state index contributed by atoms with van der Waals surface area (Å²) in [5.41, 5.74) is 3.72. The lowest BCUT2D eigenvalue weighted by atomic mass is 10.0. The summed E-state index contributed by atoms with van der Waals surface area (Å²) in [6, 6.07) is 14.2. The summed E-state index contributed by atoms with van der Waals surface area (Å²) in [4.78, 5) is 27.3. The molecule has 1 heterocycles. The van der Waals surface area contributed by atoms with Gasteiger partial charge in [0.05, 0.1) is 6.54 Å². The Morgan fingerprint density at radius 1 is 1.04 bits per heavy atom. The highest BCUT2D eigenvalue weighted by atomic mass is 19.1. The maximum Gasteiger partial charge on any atom is 0.239 e. The topological polar surface area (TPSA) is 74.0 Å². The minimum absolute atomic E-state index is 0.0320. The first-order chi connectivity index (χ1) is 13.4. The summed E-state index contributed by atoms with van der Waals surface area (Å²) in [5.74, 6) is -0.683. The van der Waals surface area contributed by atoms with Gasteiger partial charge in [0.2, 0.25) is 11.8 Å². The number of hydrogen-bond acceptors (Lipinski definition) is 2. The first-order valence-corrected chi connectivity index (χ1v) is 9.35. The third kappa shape index (κ3) is 4.76. The van der Waals surface area contributed by atoms with Crippen LogP contribution in [-0.2, 0) is 16.0 Å². The van der Waals surface area contributed by atoms with Crippen molar-refractivity contribution in [1.82, 2.24) is 15.6 Å². The van der Waals surface area contributed by atoms with E-state index in [2.05, 4.69) is 15.6 Å². The molecule has 0 atom stereocenters. The summed E-state index contributed by atoms with van der Waals surface area (Å²) in [7, 11) is 0. The Morgan fingerprint density at radius 2 is 1.75 bits per heavy atom. The molecule has 0 saturated heterocycles. The molecule has 0 bridgehead atoms. The predicted octanol–water partition coefficient (Wildman–Crippen LogP) is 3.55. The molecule has 28 heavy (non-hydrogen) atoms. The molecule has 3 aromatic rings. The van der Waals surface area contributed by atoms with Gasteiger partial charge in [-0.2, -0.15) is 0 Å². The average Bonchev–Trinajstić information content (AvgIpc) is 3.03. The third-order valence-electron chi connectivity index (χ3n) is 4.44. The van der Waals surface area contributed by atoms with Crippen LogP contribution < -0.4 is 10.6 Å². The minimum atomic E-state index is -0.291. The number of aromatic nitrogens is 1. The molecule has 5 nitrogen and oxygen atoms in total. The van der Waals surface area contributed by atoms with Gasteiger partial charge >= 0.3 is 0 Å². The van der Waals surface area contributed by atoms with E-state index in [1.54, 1.807) is 12.1 Å². The second kappa shape index (κ2) is 8.69. The number of fused-ring (bicyclic) bond motifs is 1. The van der Waals surface area contributed by atoms with Crippen molar-refractivity contribution in [1.29, 1.82) is 0 Å². The zero-order valence-electron chi connectivity index (χ0n) is 16.0. The lowest BCUT2D eigenvalue weighted by molar-refractivity contribution is -0.126. The van der Waals surface area contributed by atoms with Crippen LogP contribution in [0.3, 0.4) is 0 Å². The van der Waals surface area contributed by atoms with Crippen LogP contribution in [0.1, 0.15) is 25.8 Å². The van der Waals surface area contributed by atoms with Crippen molar-refractivity contribution in [2.75, 3.05) is 6.54 Å². The fourth-order valence-electron chi connectivity index (χ4n) is 3.20. The van der Waals surface area contributed by atoms with E-state index < -0.39 is 0 Å². The summed E-state index contributed by atoms with van der Waals surface area (Å²) in [6.45, 7) is 3.71. The second-order valence-electron chi connectivity index (χ2n) is 7.03. The zero-order valence-corrected chi connectivity index (χ0v) is 16.0. The number of H-pyrrole nitrogens is 1. The number of rotatable bonds is 7. The van der Waals surface area contributed by atoms with Crippen molar-refractivity contribution in [3.05, 3.63) is 59.9 Å². The largest absolute Gasteiger partial charge is 0.354 e. The smallest absolute Gasteiger partial charge is 0.239 e. The SMILES string of the molecule is CC(C)NC(=O)CNC(=O)CCc1c(-c2ccc(F)cc2)[nH]c2ccccc12. The Morgan fingerprint density at radius 3 is 2.46 bits per heavy atom. The van der Waals surface area contributed by atoms with E-state index in [9.17, 15) is 14.0 Å². The lowest BCUT2D eigenvalue weighted by Gasteiger charge is -2.10. The number of hydrogen-bond donors (Lipinski definition) is 3. The van der Waals surface area contributed by atoms with Gasteiger partial charge in [-0.05, 0) is 61.7 Å². The molecule has 0 aliphatic rings. The van der Waals surface area contributed by atoms with Gasteiger partial charge in [-0.3, -0.25) is 9.59 Å². The molecule has 2 amide bonds. The number of halogens is 1. The lowest BCUT2D eigenvalue weighted by Crippen LogP contribution is -2.39. The van der Waals surface area contributed by atoms with E-state index in [0.717, 1.165) is 27.7 Å². The minimum Gasteiger partial charge on any atom is -0.354 e. The van der Waals surface area contributed by atoms with Crippen molar-refractivity contribution in [3.8, 4) is 11.3 Å². The first-order valence-electron chi connectivity index (χ1n) is 9.35. The molecule has 0 spiro atoms. The molecule has 0 unspecified atom stereocenters. The summed E-state index contributed by atoms with van der Waals surface area (Å²) in [6.07, 6.45) is 0.763. The Kier molecular flexibility index (Phi) is 6.09. The molecular weight excluding hydrogens is 357 g/mol. The van der Waals surface area contributed by atoms with E-state index in [-0.39, 0.29) is 36.6 Å². The van der Waals surface area contributed by atoms with Gasteiger partial charge in [0.1, 0.15) is 5.82 Å². The van der Waals surface area contributed by atoms with E-state index in [0.29, 0.717) is 6.42 Å². The summed E-state index contributed by atoms with van der Waals surface area (Å²) >= 11 is 0. The van der Waals surface area contributed by atoms with Crippen LogP contribution in [0.15, 0.2) is 48.5 Å². The Bertz CT molecular complexity index is 977. The Labute approximate surface area is 163 Å². The molecule has 0 saturated carbocycles. The highest BCUT2D eigenvalue weighted by molar-refractivity contribution is 5.91. The highest BCUT2D eigenvalue weighted by Crippen LogP contribution is 2.31. The number of amides is 2. The average molecular weight is 381 g/mol. The van der Waals surface area contributed by atoms with Gasteiger partial charge < -0.3 is 15.6 Å². The van der Waals surface area contributed by atoms with Crippen LogP contribution in [-0.4, -0.2) is 29.4 Å². The number of aromatic amines is 1. The molecule has 2 aromatic carbocycles. The second-order valence-corrected chi connectivity index (χ2v) is 7.03. The van der Waals surface area contributed by atoms with Crippen molar-refractivity contribution >= 4 is 22.7 Å². The van der Waals surface area contributed by atoms with E-state index in [4.69, 9.17) is 0 Å². The molecule has 0 aliphatic carbocycles. The maximum absolute atomic E-state index is 13.3. The van der Waals surface area contributed by atoms with Gasteiger partial charge in [0.25, 0.3) is 0 Å². The van der Waals surface area contributed by atoms with Crippen LogP contribution in [0.25, 0.3) is 22.2 Å². The fourth-order valence-corrected chi connectivity index (χ4v) is 3.20. The molecule has 146 valence electrons. The van der Waals surface area contributed by atoms with E-state index >= 15 is 0 Å². The van der Waals surface area contributed by atoms with Gasteiger partial charge in [-0.25, -0.2) is 4.39 Å². The third-order valence-corrected chi connectivity index (χ3v) is 4.44. The molecular formula is C22H24FN3O2. The van der Waals surface area contributed by atoms with Crippen LogP contribution >= 0.6 is 0 Å². The number of aryl methyl sites for hydroxylation is 1. The van der Waals surface area contributed by atoms with Gasteiger partial charge in [-0.15, -0.1) is 0 Å². The standard InChI is InChI=1S/C22H24FN3O2/c1-14(2)25-21(28)13-24-20(27)12-11-18-17-5-3-4-6-19(17)26-22(18)15-7-9-16(23)10-8-15/h3-10,14,26H,11-13H2,1-2H3,(H,24,27)(H,25,28). The van der Waals surface area contributed by atoms with Crippen LogP contribution in [0.5, 0.6) is 0 Å². The first kappa shape index (κ1) is 19.6. The number of nitrogens with one attached hydrogen (secondary N) is 3. The van der Waals surface area contributed by atoms with Crippen LogP contribution in [0.2, 0.25) is 0 Å². The molecule has 0 aliphatic heterocycles. The molecule has 3 rings (SSSR count). The summed E-state index contributed by atoms with van der Waals surface area (Å²) < 4.78 is 13.3. The quantitative estimate of drug-likeness (QED) is 0.586. The molecule has 0 fully saturated rings. The molecule has 0 radical (unpaired) electrons. The Balaban J connectivity index is 1.75. The fraction of sp³-hybridized carbons (Fsp3) is 0.273. The van der Waals surface area contributed by atoms with E-state index in [1.807, 2.05) is 38.1 Å². The maximum atomic E-state index is 13.3. The zero-order chi connectivity index (χ0) is 20.1. The molecule has 1 aromatic heterocycles. The van der Waals surface area contributed by atoms with Crippen molar-refractivity contribution in [2.24, 2.45) is 0 Å². The summed E-state index contributed by atoms with van der Waals surface area (Å²) in [5, 5.41) is 6.43. The van der Waals surface area contributed by atoms with Crippen LogP contribution in [0, 0.1) is 5.82 Å². The predicted molar refractivity (Wildman–Crippen MR) is 108 cm³/mol. The number of carbonyl (C=O) groups is 2. The highest BCUT2D eigenvalue weighted by Gasteiger charge is 2.15. The number of para-hydroxylation sites is 1. The van der Waals surface area contributed by atoms with Crippen molar-refractivity contribution in [2.45, 2.75) is 32.7 Å². The van der Waals surface area contributed by atoms with Crippen molar-refractivity contribution < 1.29 is 14.0 Å². The molecule has 3 N–H and O–H groups in total. The number of benzene rings is 2. The normalized spacial score (nSPS) is 11.0. The number of carbonyl (C=O) groups excluding carboxylic acids is 2. The van der Waals surface area contributed by atoms with Crippen molar-refractivity contribution in [3.63, 3.8) is 0 Å². The van der Waals surface area contributed by atoms with Gasteiger partial charge in [0.15, 0.2) is 0 Å².